The number of anilines is 1. The smallest absolute Gasteiger partial charge is 0.138 e. The lowest BCUT2D eigenvalue weighted by atomic mass is 10.2. The molecular formula is C11H15N3S. The highest BCUT2D eigenvalue weighted by molar-refractivity contribution is 7.17. The Hall–Kier alpha value is -1.16. The molecule has 3 nitrogen and oxygen atoms in total. The fourth-order valence-electron chi connectivity index (χ4n) is 1.46. The lowest BCUT2D eigenvalue weighted by Gasteiger charge is -2.12. The molecule has 15 heavy (non-hydrogen) atoms. The van der Waals surface area contributed by atoms with Gasteiger partial charge in [0.25, 0.3) is 0 Å². The molecule has 0 saturated heterocycles. The van der Waals surface area contributed by atoms with Crippen LogP contribution in [0.15, 0.2) is 11.7 Å². The summed E-state index contributed by atoms with van der Waals surface area (Å²) >= 11 is 1.67. The highest BCUT2D eigenvalue weighted by Crippen LogP contribution is 2.28. The molecule has 0 saturated carbocycles. The first-order valence-corrected chi connectivity index (χ1v) is 6.05. The number of hydrogen-bond donors (Lipinski definition) is 1. The second kappa shape index (κ2) is 4.14. The molecule has 0 aliphatic carbocycles. The van der Waals surface area contributed by atoms with Gasteiger partial charge in [-0.25, -0.2) is 9.97 Å². The molecule has 2 rings (SSSR count). The van der Waals surface area contributed by atoms with E-state index in [0.717, 1.165) is 17.1 Å². The Morgan fingerprint density at radius 1 is 1.47 bits per heavy atom. The molecule has 2 aromatic rings. The van der Waals surface area contributed by atoms with Crippen molar-refractivity contribution in [3.63, 3.8) is 0 Å². The average molecular weight is 221 g/mol. The lowest BCUT2D eigenvalue weighted by molar-refractivity contribution is 0.760. The highest BCUT2D eigenvalue weighted by atomic mass is 32.1. The molecule has 1 unspecified atom stereocenters. The minimum atomic E-state index is 0.447. The molecule has 0 aliphatic rings. The molecule has 2 aromatic heterocycles. The Morgan fingerprint density at radius 2 is 2.27 bits per heavy atom. The van der Waals surface area contributed by atoms with E-state index in [1.165, 1.54) is 10.9 Å². The van der Waals surface area contributed by atoms with Gasteiger partial charge in [-0.2, -0.15) is 0 Å². The predicted molar refractivity (Wildman–Crippen MR) is 65.5 cm³/mol. The van der Waals surface area contributed by atoms with Crippen LogP contribution in [-0.2, 0) is 0 Å². The second-order valence-electron chi connectivity index (χ2n) is 3.77. The standard InChI is InChI=1S/C11H15N3S/c1-4-8(3)14-10-9-7(2)5-15-11(9)13-6-12-10/h5-6,8H,4H2,1-3H3,(H,12,13,14). The second-order valence-corrected chi connectivity index (χ2v) is 4.63. The Morgan fingerprint density at radius 3 is 3.00 bits per heavy atom. The summed E-state index contributed by atoms with van der Waals surface area (Å²) in [6, 6.07) is 0.447. The third-order valence-electron chi connectivity index (χ3n) is 2.55. The first-order valence-electron chi connectivity index (χ1n) is 5.17. The van der Waals surface area contributed by atoms with Gasteiger partial charge in [0, 0.05) is 6.04 Å². The highest BCUT2D eigenvalue weighted by Gasteiger charge is 2.09. The zero-order chi connectivity index (χ0) is 10.8. The van der Waals surface area contributed by atoms with Crippen LogP contribution in [0.2, 0.25) is 0 Å². The van der Waals surface area contributed by atoms with Crippen LogP contribution in [0, 0.1) is 6.92 Å². The van der Waals surface area contributed by atoms with Gasteiger partial charge in [-0.3, -0.25) is 0 Å². The van der Waals surface area contributed by atoms with E-state index < -0.39 is 0 Å². The topological polar surface area (TPSA) is 37.8 Å². The molecule has 0 fully saturated rings. The third-order valence-corrected chi connectivity index (χ3v) is 3.55. The van der Waals surface area contributed by atoms with Crippen LogP contribution in [0.3, 0.4) is 0 Å². The van der Waals surface area contributed by atoms with E-state index in [1.807, 2.05) is 0 Å². The SMILES string of the molecule is CCC(C)Nc1ncnc2scc(C)c12. The van der Waals surface area contributed by atoms with E-state index in [2.05, 4.69) is 41.4 Å². The van der Waals surface area contributed by atoms with Crippen molar-refractivity contribution in [1.82, 2.24) is 9.97 Å². The van der Waals surface area contributed by atoms with E-state index >= 15 is 0 Å². The quantitative estimate of drug-likeness (QED) is 0.864. The van der Waals surface area contributed by atoms with Crippen molar-refractivity contribution >= 4 is 27.4 Å². The Bertz CT molecular complexity index is 464. The van der Waals surface area contributed by atoms with Crippen molar-refractivity contribution < 1.29 is 0 Å². The van der Waals surface area contributed by atoms with Gasteiger partial charge in [0.15, 0.2) is 0 Å². The molecule has 4 heteroatoms. The Balaban J connectivity index is 2.45. The summed E-state index contributed by atoms with van der Waals surface area (Å²) < 4.78 is 0. The van der Waals surface area contributed by atoms with Crippen LogP contribution >= 0.6 is 11.3 Å². The first kappa shape index (κ1) is 10.4. The normalized spacial score (nSPS) is 13.0. The van der Waals surface area contributed by atoms with Gasteiger partial charge < -0.3 is 5.32 Å². The monoisotopic (exact) mass is 221 g/mol. The molecule has 0 bridgehead atoms. The summed E-state index contributed by atoms with van der Waals surface area (Å²) in [6.45, 7) is 6.43. The molecule has 0 aliphatic heterocycles. The van der Waals surface area contributed by atoms with Crippen LogP contribution in [0.25, 0.3) is 10.2 Å². The van der Waals surface area contributed by atoms with E-state index in [0.29, 0.717) is 6.04 Å². The van der Waals surface area contributed by atoms with E-state index in [-0.39, 0.29) is 0 Å². The molecule has 0 amide bonds. The predicted octanol–water partition coefficient (Wildman–Crippen LogP) is 3.21. The number of hydrogen-bond acceptors (Lipinski definition) is 4. The van der Waals surface area contributed by atoms with Crippen LogP contribution in [-0.4, -0.2) is 16.0 Å². The van der Waals surface area contributed by atoms with Gasteiger partial charge >= 0.3 is 0 Å². The third kappa shape index (κ3) is 1.95. The first-order chi connectivity index (χ1) is 7.22. The number of aryl methyl sites for hydroxylation is 1. The summed E-state index contributed by atoms with van der Waals surface area (Å²) in [6.07, 6.45) is 2.72. The van der Waals surface area contributed by atoms with Crippen molar-refractivity contribution in [1.29, 1.82) is 0 Å². The number of thiophene rings is 1. The van der Waals surface area contributed by atoms with Crippen LogP contribution in [0.4, 0.5) is 5.82 Å². The maximum Gasteiger partial charge on any atom is 0.138 e. The number of nitrogens with one attached hydrogen (secondary N) is 1. The molecule has 1 N–H and O–H groups in total. The fourth-order valence-corrected chi connectivity index (χ4v) is 2.35. The Kier molecular flexibility index (Phi) is 2.86. The van der Waals surface area contributed by atoms with Gasteiger partial charge in [-0.15, -0.1) is 11.3 Å². The zero-order valence-electron chi connectivity index (χ0n) is 9.24. The molecule has 0 aromatic carbocycles. The molecule has 80 valence electrons. The van der Waals surface area contributed by atoms with E-state index in [4.69, 9.17) is 0 Å². The van der Waals surface area contributed by atoms with Crippen molar-refractivity contribution in [2.24, 2.45) is 0 Å². The molecule has 2 heterocycles. The molecule has 0 radical (unpaired) electrons. The van der Waals surface area contributed by atoms with Gasteiger partial charge in [0.2, 0.25) is 0 Å². The van der Waals surface area contributed by atoms with Crippen molar-refractivity contribution in [2.75, 3.05) is 5.32 Å². The van der Waals surface area contributed by atoms with E-state index in [1.54, 1.807) is 17.7 Å². The number of rotatable bonds is 3. The Labute approximate surface area is 93.6 Å². The molecular weight excluding hydrogens is 206 g/mol. The summed E-state index contributed by atoms with van der Waals surface area (Å²) in [5.74, 6) is 0.966. The van der Waals surface area contributed by atoms with Crippen LogP contribution in [0.5, 0.6) is 0 Å². The largest absolute Gasteiger partial charge is 0.367 e. The van der Waals surface area contributed by atoms with Crippen molar-refractivity contribution in [3.8, 4) is 0 Å². The summed E-state index contributed by atoms with van der Waals surface area (Å²) in [5, 5.41) is 6.71. The summed E-state index contributed by atoms with van der Waals surface area (Å²) in [7, 11) is 0. The maximum absolute atomic E-state index is 4.31. The minimum Gasteiger partial charge on any atom is -0.367 e. The van der Waals surface area contributed by atoms with Gasteiger partial charge in [0.1, 0.15) is 17.0 Å². The van der Waals surface area contributed by atoms with Crippen molar-refractivity contribution in [2.45, 2.75) is 33.2 Å². The van der Waals surface area contributed by atoms with Gasteiger partial charge in [0.05, 0.1) is 5.39 Å². The van der Waals surface area contributed by atoms with Gasteiger partial charge in [-0.1, -0.05) is 6.92 Å². The minimum absolute atomic E-state index is 0.447. The van der Waals surface area contributed by atoms with E-state index in [9.17, 15) is 0 Å². The number of aromatic nitrogens is 2. The lowest BCUT2D eigenvalue weighted by Crippen LogP contribution is -2.14. The zero-order valence-corrected chi connectivity index (χ0v) is 10.1. The summed E-state index contributed by atoms with van der Waals surface area (Å²) in [4.78, 5) is 9.64. The van der Waals surface area contributed by atoms with Crippen molar-refractivity contribution in [3.05, 3.63) is 17.3 Å². The molecule has 1 atom stereocenters. The number of nitrogens with zero attached hydrogens (tertiary/aromatic N) is 2. The van der Waals surface area contributed by atoms with Gasteiger partial charge in [-0.05, 0) is 31.2 Å². The molecule has 0 spiro atoms. The maximum atomic E-state index is 4.31. The summed E-state index contributed by atoms with van der Waals surface area (Å²) in [5.41, 5.74) is 1.25. The fraction of sp³-hybridized carbons (Fsp3) is 0.455. The van der Waals surface area contributed by atoms with Crippen LogP contribution < -0.4 is 5.32 Å². The van der Waals surface area contributed by atoms with Crippen LogP contribution in [0.1, 0.15) is 25.8 Å². The average Bonchev–Trinajstić information content (AvgIpc) is 2.61. The number of fused-ring (bicyclic) bond motifs is 1.